The summed E-state index contributed by atoms with van der Waals surface area (Å²) in [5.41, 5.74) is 2.28. The summed E-state index contributed by atoms with van der Waals surface area (Å²) in [7, 11) is 0. The van der Waals surface area contributed by atoms with Crippen LogP contribution in [-0.4, -0.2) is 16.1 Å². The van der Waals surface area contributed by atoms with Crippen LogP contribution in [0.1, 0.15) is 43.6 Å². The molecule has 0 bridgehead atoms. The van der Waals surface area contributed by atoms with Gasteiger partial charge in [-0.1, -0.05) is 11.6 Å². The van der Waals surface area contributed by atoms with Gasteiger partial charge in [-0.05, 0) is 50.4 Å². The molecule has 2 aliphatic rings. The predicted molar refractivity (Wildman–Crippen MR) is 73.0 cm³/mol. The Labute approximate surface area is 111 Å². The Balaban J connectivity index is 1.92. The van der Waals surface area contributed by atoms with E-state index in [0.717, 1.165) is 17.1 Å². The number of imidazole rings is 1. The summed E-state index contributed by atoms with van der Waals surface area (Å²) in [6.07, 6.45) is 5.00. The molecule has 1 atom stereocenters. The molecular weight excluding hydrogens is 246 g/mol. The van der Waals surface area contributed by atoms with E-state index in [1.54, 1.807) is 0 Å². The fraction of sp³-hybridized carbons (Fsp3) is 0.500. The number of nitrogens with one attached hydrogen (secondary N) is 1. The van der Waals surface area contributed by atoms with Crippen molar-refractivity contribution in [3.8, 4) is 0 Å². The smallest absolute Gasteiger partial charge is 0.127 e. The topological polar surface area (TPSA) is 29.9 Å². The lowest BCUT2D eigenvalue weighted by atomic mass is 10.2. The van der Waals surface area contributed by atoms with Gasteiger partial charge >= 0.3 is 0 Å². The van der Waals surface area contributed by atoms with Crippen LogP contribution in [0.15, 0.2) is 18.2 Å². The lowest BCUT2D eigenvalue weighted by Gasteiger charge is -2.13. The van der Waals surface area contributed by atoms with E-state index in [1.807, 2.05) is 12.1 Å². The first kappa shape index (κ1) is 10.8. The van der Waals surface area contributed by atoms with Crippen molar-refractivity contribution in [3.63, 3.8) is 0 Å². The first-order chi connectivity index (χ1) is 8.83. The number of aromatic nitrogens is 2. The number of nitrogens with zero attached hydrogens (tertiary/aromatic N) is 2. The molecule has 0 amide bonds. The number of rotatable bonds is 2. The van der Waals surface area contributed by atoms with Crippen LogP contribution in [0.4, 0.5) is 0 Å². The van der Waals surface area contributed by atoms with Crippen molar-refractivity contribution in [1.82, 2.24) is 14.9 Å². The Hall–Kier alpha value is -1.06. The van der Waals surface area contributed by atoms with Crippen LogP contribution in [-0.2, 0) is 0 Å². The molecule has 1 unspecified atom stereocenters. The van der Waals surface area contributed by atoms with Crippen LogP contribution in [0.5, 0.6) is 0 Å². The van der Waals surface area contributed by atoms with Crippen molar-refractivity contribution < 1.29 is 0 Å². The summed E-state index contributed by atoms with van der Waals surface area (Å²) < 4.78 is 2.42. The maximum absolute atomic E-state index is 6.13. The van der Waals surface area contributed by atoms with E-state index in [1.165, 1.54) is 37.0 Å². The second-order valence-corrected chi connectivity index (χ2v) is 5.79. The van der Waals surface area contributed by atoms with Gasteiger partial charge in [0.2, 0.25) is 0 Å². The number of fused-ring (bicyclic) bond motifs is 1. The molecule has 1 saturated heterocycles. The van der Waals surface area contributed by atoms with Crippen LogP contribution in [0.25, 0.3) is 11.0 Å². The molecule has 18 heavy (non-hydrogen) atoms. The monoisotopic (exact) mass is 261 g/mol. The van der Waals surface area contributed by atoms with Gasteiger partial charge in [-0.25, -0.2) is 4.98 Å². The Morgan fingerprint density at radius 3 is 2.89 bits per heavy atom. The van der Waals surface area contributed by atoms with Crippen molar-refractivity contribution in [2.24, 2.45) is 0 Å². The molecule has 1 aliphatic heterocycles. The normalized spacial score (nSPS) is 23.9. The number of halogens is 1. The fourth-order valence-corrected chi connectivity index (χ4v) is 3.12. The van der Waals surface area contributed by atoms with Crippen molar-refractivity contribution in [3.05, 3.63) is 29.0 Å². The molecule has 94 valence electrons. The number of benzene rings is 1. The maximum Gasteiger partial charge on any atom is 0.127 e. The molecule has 1 aromatic carbocycles. The zero-order chi connectivity index (χ0) is 12.1. The summed E-state index contributed by atoms with van der Waals surface area (Å²) >= 11 is 6.13. The summed E-state index contributed by atoms with van der Waals surface area (Å²) in [4.78, 5) is 4.84. The molecule has 1 saturated carbocycles. The van der Waals surface area contributed by atoms with Gasteiger partial charge in [-0.3, -0.25) is 0 Å². The molecular formula is C14H16ClN3. The highest BCUT2D eigenvalue weighted by Gasteiger charge is 2.31. The van der Waals surface area contributed by atoms with Crippen molar-refractivity contribution in [2.75, 3.05) is 6.54 Å². The third-order valence-electron chi connectivity index (χ3n) is 3.96. The molecule has 4 heteroatoms. The minimum Gasteiger partial charge on any atom is -0.323 e. The minimum absolute atomic E-state index is 0.428. The summed E-state index contributed by atoms with van der Waals surface area (Å²) in [5, 5.41) is 4.36. The first-order valence-electron chi connectivity index (χ1n) is 6.74. The first-order valence-corrected chi connectivity index (χ1v) is 7.11. The van der Waals surface area contributed by atoms with Gasteiger partial charge in [0.05, 0.1) is 17.1 Å². The molecule has 3 nitrogen and oxygen atoms in total. The zero-order valence-corrected chi connectivity index (χ0v) is 11.0. The standard InChI is InChI=1S/C14H16ClN3/c15-9-3-6-11-13(8-9)18(10-4-5-10)14(17-11)12-2-1-7-16-12/h3,6,8,10,12,16H,1-2,4-5,7H2. The second kappa shape index (κ2) is 3.97. The van der Waals surface area contributed by atoms with Crippen molar-refractivity contribution in [1.29, 1.82) is 0 Å². The van der Waals surface area contributed by atoms with E-state index in [2.05, 4.69) is 16.0 Å². The highest BCUT2D eigenvalue weighted by molar-refractivity contribution is 6.31. The van der Waals surface area contributed by atoms with Gasteiger partial charge in [-0.2, -0.15) is 0 Å². The molecule has 0 spiro atoms. The van der Waals surface area contributed by atoms with Gasteiger partial charge in [0.25, 0.3) is 0 Å². The summed E-state index contributed by atoms with van der Waals surface area (Å²) in [6.45, 7) is 1.11. The Morgan fingerprint density at radius 1 is 1.28 bits per heavy atom. The van der Waals surface area contributed by atoms with Crippen molar-refractivity contribution >= 4 is 22.6 Å². The number of hydrogen-bond acceptors (Lipinski definition) is 2. The Morgan fingerprint density at radius 2 is 2.17 bits per heavy atom. The van der Waals surface area contributed by atoms with E-state index < -0.39 is 0 Å². The molecule has 2 aromatic rings. The van der Waals surface area contributed by atoms with E-state index in [-0.39, 0.29) is 0 Å². The van der Waals surface area contributed by atoms with E-state index in [0.29, 0.717) is 12.1 Å². The molecule has 4 rings (SSSR count). The third kappa shape index (κ3) is 1.65. The van der Waals surface area contributed by atoms with Crippen molar-refractivity contribution in [2.45, 2.75) is 37.8 Å². The average molecular weight is 262 g/mol. The van der Waals surface area contributed by atoms with Gasteiger partial charge < -0.3 is 9.88 Å². The fourth-order valence-electron chi connectivity index (χ4n) is 2.95. The van der Waals surface area contributed by atoms with Gasteiger partial charge in [0.15, 0.2) is 0 Å². The zero-order valence-electron chi connectivity index (χ0n) is 10.2. The average Bonchev–Trinajstić information content (AvgIpc) is 2.93. The quantitative estimate of drug-likeness (QED) is 0.897. The van der Waals surface area contributed by atoms with Crippen LogP contribution in [0.3, 0.4) is 0 Å². The highest BCUT2D eigenvalue weighted by Crippen LogP contribution is 2.41. The van der Waals surface area contributed by atoms with Gasteiger partial charge in [-0.15, -0.1) is 0 Å². The molecule has 1 aromatic heterocycles. The van der Waals surface area contributed by atoms with E-state index >= 15 is 0 Å². The lowest BCUT2D eigenvalue weighted by Crippen LogP contribution is -2.17. The predicted octanol–water partition coefficient (Wildman–Crippen LogP) is 3.45. The van der Waals surface area contributed by atoms with Gasteiger partial charge in [0, 0.05) is 11.1 Å². The lowest BCUT2D eigenvalue weighted by molar-refractivity contribution is 0.560. The third-order valence-corrected chi connectivity index (χ3v) is 4.20. The molecule has 0 radical (unpaired) electrons. The molecule has 1 aliphatic carbocycles. The Bertz CT molecular complexity index is 594. The maximum atomic E-state index is 6.13. The van der Waals surface area contributed by atoms with Crippen LogP contribution >= 0.6 is 11.6 Å². The Kier molecular flexibility index (Phi) is 2.39. The second-order valence-electron chi connectivity index (χ2n) is 5.35. The van der Waals surface area contributed by atoms with Crippen LogP contribution in [0, 0.1) is 0 Å². The van der Waals surface area contributed by atoms with Crippen LogP contribution in [0.2, 0.25) is 5.02 Å². The van der Waals surface area contributed by atoms with Crippen LogP contribution < -0.4 is 5.32 Å². The number of hydrogen-bond donors (Lipinski definition) is 1. The largest absolute Gasteiger partial charge is 0.323 e. The molecule has 2 fully saturated rings. The molecule has 2 heterocycles. The SMILES string of the molecule is Clc1ccc2nc(C3CCCN3)n(C3CC3)c2c1. The van der Waals surface area contributed by atoms with Gasteiger partial charge in [0.1, 0.15) is 5.82 Å². The summed E-state index contributed by atoms with van der Waals surface area (Å²) in [5.74, 6) is 1.22. The summed E-state index contributed by atoms with van der Waals surface area (Å²) in [6, 6.07) is 7.10. The highest BCUT2D eigenvalue weighted by atomic mass is 35.5. The van der Waals surface area contributed by atoms with E-state index in [4.69, 9.17) is 16.6 Å². The van der Waals surface area contributed by atoms with E-state index in [9.17, 15) is 0 Å². The molecule has 1 N–H and O–H groups in total. The minimum atomic E-state index is 0.428.